The van der Waals surface area contributed by atoms with Crippen molar-refractivity contribution < 1.29 is 29.0 Å². The molecular weight excluding hydrogens is 448 g/mol. The number of carbonyl (C=O) groups is 3. The van der Waals surface area contributed by atoms with E-state index in [-0.39, 0.29) is 32.1 Å². The van der Waals surface area contributed by atoms with E-state index in [1.165, 1.54) is 7.11 Å². The van der Waals surface area contributed by atoms with Crippen LogP contribution in [0.5, 0.6) is 0 Å². The molecule has 0 saturated heterocycles. The number of carboxylic acids is 1. The Morgan fingerprint density at radius 3 is 2.03 bits per heavy atom. The summed E-state index contributed by atoms with van der Waals surface area (Å²) in [5.41, 5.74) is 1.90. The Morgan fingerprint density at radius 1 is 0.971 bits per heavy atom. The van der Waals surface area contributed by atoms with Gasteiger partial charge in [-0.15, -0.1) is 0 Å². The van der Waals surface area contributed by atoms with Crippen molar-refractivity contribution >= 4 is 18.0 Å². The Labute approximate surface area is 206 Å². The Balaban J connectivity index is 1.71. The van der Waals surface area contributed by atoms with Gasteiger partial charge in [0.15, 0.2) is 0 Å². The van der Waals surface area contributed by atoms with E-state index in [0.29, 0.717) is 6.42 Å². The summed E-state index contributed by atoms with van der Waals surface area (Å²) in [6.45, 7) is 5.01. The first-order valence-corrected chi connectivity index (χ1v) is 11.8. The molecule has 0 aromatic heterocycles. The highest BCUT2D eigenvalue weighted by Crippen LogP contribution is 2.44. The Morgan fingerprint density at radius 2 is 1.54 bits per heavy atom. The lowest BCUT2D eigenvalue weighted by atomic mass is 9.87. The standard InChI is InChI=1S/C27H34N2O6/c1-5-26(3,24(31)32)16-28-23(30)27(6-2,17-34-4)29-25(33)35-15-22-20-13-9-7-11-18(20)19-12-8-10-14-21(19)22/h7-14,22H,5-6,15-17H2,1-4H3,(H,28,30)(H,29,33)(H,31,32). The SMILES string of the molecule is CCC(C)(CNC(=O)C(CC)(COC)NC(=O)OCC1c2ccccc2-c2ccccc21)C(=O)O. The lowest BCUT2D eigenvalue weighted by molar-refractivity contribution is -0.148. The minimum absolute atomic E-state index is 0.0739. The minimum atomic E-state index is -1.40. The van der Waals surface area contributed by atoms with Gasteiger partial charge in [-0.25, -0.2) is 4.79 Å². The monoisotopic (exact) mass is 482 g/mol. The molecule has 1 aliphatic rings. The van der Waals surface area contributed by atoms with Gasteiger partial charge in [0.25, 0.3) is 0 Å². The largest absolute Gasteiger partial charge is 0.481 e. The second kappa shape index (κ2) is 10.9. The predicted octanol–water partition coefficient (Wildman–Crippen LogP) is 3.94. The summed E-state index contributed by atoms with van der Waals surface area (Å²) >= 11 is 0. The maximum atomic E-state index is 13.1. The van der Waals surface area contributed by atoms with Crippen LogP contribution in [0.25, 0.3) is 11.1 Å². The third-order valence-corrected chi connectivity index (χ3v) is 7.05. The number of methoxy groups -OCH3 is 1. The van der Waals surface area contributed by atoms with E-state index in [1.54, 1.807) is 20.8 Å². The van der Waals surface area contributed by atoms with Gasteiger partial charge in [-0.05, 0) is 42.0 Å². The fourth-order valence-electron chi connectivity index (χ4n) is 4.38. The van der Waals surface area contributed by atoms with Crippen LogP contribution < -0.4 is 10.6 Å². The third kappa shape index (κ3) is 5.32. The number of rotatable bonds is 11. The number of carboxylic acid groups (broad SMARTS) is 1. The number of benzene rings is 2. The van der Waals surface area contributed by atoms with E-state index in [2.05, 4.69) is 22.8 Å². The van der Waals surface area contributed by atoms with Gasteiger partial charge in [-0.2, -0.15) is 0 Å². The molecule has 3 rings (SSSR count). The fraction of sp³-hybridized carbons (Fsp3) is 0.444. The normalized spacial score (nSPS) is 15.8. The molecule has 3 N–H and O–H groups in total. The van der Waals surface area contributed by atoms with Crippen molar-refractivity contribution in [2.24, 2.45) is 5.41 Å². The molecule has 0 heterocycles. The molecule has 2 atom stereocenters. The van der Waals surface area contributed by atoms with Gasteiger partial charge in [0.1, 0.15) is 12.1 Å². The van der Waals surface area contributed by atoms with Gasteiger partial charge >= 0.3 is 12.1 Å². The molecule has 2 aromatic rings. The number of amides is 2. The molecule has 35 heavy (non-hydrogen) atoms. The molecule has 2 amide bonds. The molecule has 2 aromatic carbocycles. The zero-order valence-electron chi connectivity index (χ0n) is 20.7. The summed E-state index contributed by atoms with van der Waals surface area (Å²) in [6.07, 6.45) is -0.170. The number of nitrogens with one attached hydrogen (secondary N) is 2. The summed E-state index contributed by atoms with van der Waals surface area (Å²) in [5.74, 6) is -1.63. The van der Waals surface area contributed by atoms with Crippen LogP contribution in [0.15, 0.2) is 48.5 Å². The van der Waals surface area contributed by atoms with Crippen molar-refractivity contribution in [2.45, 2.75) is 45.1 Å². The van der Waals surface area contributed by atoms with E-state index in [1.807, 2.05) is 36.4 Å². The van der Waals surface area contributed by atoms with Gasteiger partial charge < -0.3 is 25.2 Å². The van der Waals surface area contributed by atoms with Crippen molar-refractivity contribution in [3.8, 4) is 11.1 Å². The van der Waals surface area contributed by atoms with Crippen molar-refractivity contribution in [3.05, 3.63) is 59.7 Å². The maximum absolute atomic E-state index is 13.1. The van der Waals surface area contributed by atoms with Crippen LogP contribution in [0.1, 0.15) is 50.7 Å². The lowest BCUT2D eigenvalue weighted by Crippen LogP contribution is -2.62. The number of carbonyl (C=O) groups excluding carboxylic acids is 2. The number of hydrogen-bond donors (Lipinski definition) is 3. The van der Waals surface area contributed by atoms with E-state index in [0.717, 1.165) is 22.3 Å². The van der Waals surface area contributed by atoms with E-state index in [9.17, 15) is 19.5 Å². The van der Waals surface area contributed by atoms with Crippen LogP contribution in [0.4, 0.5) is 4.79 Å². The molecule has 0 radical (unpaired) electrons. The van der Waals surface area contributed by atoms with Crippen molar-refractivity contribution in [3.63, 3.8) is 0 Å². The summed E-state index contributed by atoms with van der Waals surface area (Å²) in [6, 6.07) is 16.1. The van der Waals surface area contributed by atoms with Crippen molar-refractivity contribution in [2.75, 3.05) is 26.9 Å². The van der Waals surface area contributed by atoms with Gasteiger partial charge in [0.2, 0.25) is 5.91 Å². The average Bonchev–Trinajstić information content (AvgIpc) is 3.19. The van der Waals surface area contributed by atoms with Crippen LogP contribution in [-0.2, 0) is 19.1 Å². The van der Waals surface area contributed by atoms with Gasteiger partial charge in [0.05, 0.1) is 12.0 Å². The highest BCUT2D eigenvalue weighted by atomic mass is 16.5. The highest BCUT2D eigenvalue weighted by Gasteiger charge is 2.41. The van der Waals surface area contributed by atoms with Crippen LogP contribution >= 0.6 is 0 Å². The minimum Gasteiger partial charge on any atom is -0.481 e. The topological polar surface area (TPSA) is 114 Å². The van der Waals surface area contributed by atoms with E-state index >= 15 is 0 Å². The summed E-state index contributed by atoms with van der Waals surface area (Å²) in [5, 5.41) is 14.9. The molecule has 0 spiro atoms. The number of hydrogen-bond acceptors (Lipinski definition) is 5. The van der Waals surface area contributed by atoms with Crippen LogP contribution in [0, 0.1) is 5.41 Å². The average molecular weight is 483 g/mol. The summed E-state index contributed by atoms with van der Waals surface area (Å²) in [7, 11) is 1.44. The first kappa shape index (κ1) is 26.2. The molecule has 2 unspecified atom stereocenters. The first-order valence-electron chi connectivity index (χ1n) is 11.8. The molecule has 0 bridgehead atoms. The van der Waals surface area contributed by atoms with Crippen LogP contribution in [0.3, 0.4) is 0 Å². The Hall–Kier alpha value is -3.39. The van der Waals surface area contributed by atoms with Gasteiger partial charge in [0, 0.05) is 19.6 Å². The van der Waals surface area contributed by atoms with Crippen LogP contribution in [0.2, 0.25) is 0 Å². The first-order chi connectivity index (χ1) is 16.7. The zero-order valence-corrected chi connectivity index (χ0v) is 20.7. The lowest BCUT2D eigenvalue weighted by Gasteiger charge is -2.33. The van der Waals surface area contributed by atoms with Crippen molar-refractivity contribution in [1.29, 1.82) is 0 Å². The smallest absolute Gasteiger partial charge is 0.408 e. The second-order valence-corrected chi connectivity index (χ2v) is 9.22. The highest BCUT2D eigenvalue weighted by molar-refractivity contribution is 5.90. The molecule has 0 fully saturated rings. The second-order valence-electron chi connectivity index (χ2n) is 9.22. The number of alkyl carbamates (subject to hydrolysis) is 1. The zero-order chi connectivity index (χ0) is 25.6. The van der Waals surface area contributed by atoms with Gasteiger partial charge in [-0.3, -0.25) is 9.59 Å². The fourth-order valence-corrected chi connectivity index (χ4v) is 4.38. The number of aliphatic carboxylic acids is 1. The van der Waals surface area contributed by atoms with Gasteiger partial charge in [-0.1, -0.05) is 62.4 Å². The summed E-state index contributed by atoms with van der Waals surface area (Å²) < 4.78 is 10.9. The number of ether oxygens (including phenoxy) is 2. The molecule has 8 heteroatoms. The van der Waals surface area contributed by atoms with Crippen molar-refractivity contribution in [1.82, 2.24) is 10.6 Å². The van der Waals surface area contributed by atoms with Crippen LogP contribution in [-0.4, -0.2) is 55.5 Å². The maximum Gasteiger partial charge on any atom is 0.408 e. The Bertz CT molecular complexity index is 1040. The molecule has 1 aliphatic carbocycles. The molecule has 0 aliphatic heterocycles. The van der Waals surface area contributed by atoms with E-state index < -0.39 is 28.9 Å². The quantitative estimate of drug-likeness (QED) is 0.447. The number of fused-ring (bicyclic) bond motifs is 3. The third-order valence-electron chi connectivity index (χ3n) is 7.05. The molecule has 0 saturated carbocycles. The summed E-state index contributed by atoms with van der Waals surface area (Å²) in [4.78, 5) is 37.6. The molecule has 8 nitrogen and oxygen atoms in total. The molecular formula is C27H34N2O6. The van der Waals surface area contributed by atoms with E-state index in [4.69, 9.17) is 9.47 Å². The molecule has 188 valence electrons. The Kier molecular flexibility index (Phi) is 8.17. The predicted molar refractivity (Wildman–Crippen MR) is 132 cm³/mol.